The predicted molar refractivity (Wildman–Crippen MR) is 50.0 cm³/mol. The van der Waals surface area contributed by atoms with E-state index in [9.17, 15) is 4.79 Å². The maximum atomic E-state index is 10.2. The van der Waals surface area contributed by atoms with Crippen LogP contribution in [0, 0.1) is 0 Å². The van der Waals surface area contributed by atoms with Gasteiger partial charge in [-0.25, -0.2) is 0 Å². The number of hydrogen-bond donors (Lipinski definition) is 1. The van der Waals surface area contributed by atoms with Crippen LogP contribution >= 0.6 is 0 Å². The van der Waals surface area contributed by atoms with Crippen LogP contribution in [0.2, 0.25) is 0 Å². The molecule has 66 valence electrons. The van der Waals surface area contributed by atoms with Crippen LogP contribution in [0.1, 0.15) is 19.8 Å². The highest BCUT2D eigenvalue weighted by Gasteiger charge is 1.95. The van der Waals surface area contributed by atoms with E-state index in [1.54, 1.807) is 0 Å². The number of carboxylic acids is 1. The van der Waals surface area contributed by atoms with Gasteiger partial charge >= 0.3 is 5.97 Å². The predicted octanol–water partition coefficient (Wildman–Crippen LogP) is 2.54. The van der Waals surface area contributed by atoms with E-state index in [1.165, 1.54) is 0 Å². The van der Waals surface area contributed by atoms with E-state index in [0.29, 0.717) is 6.42 Å². The van der Waals surface area contributed by atoms with Crippen LogP contribution < -0.4 is 0 Å². The van der Waals surface area contributed by atoms with Gasteiger partial charge in [0.05, 0.1) is 0 Å². The van der Waals surface area contributed by atoms with Crippen LogP contribution in [0.4, 0.5) is 0 Å². The van der Waals surface area contributed by atoms with Crippen LogP contribution in [-0.4, -0.2) is 11.1 Å². The van der Waals surface area contributed by atoms with E-state index in [4.69, 9.17) is 5.11 Å². The first-order valence-electron chi connectivity index (χ1n) is 3.85. The third-order valence-corrected chi connectivity index (χ3v) is 1.30. The van der Waals surface area contributed by atoms with Gasteiger partial charge in [-0.3, -0.25) is 4.79 Å². The smallest absolute Gasteiger partial charge is 0.303 e. The second kappa shape index (κ2) is 6.40. The highest BCUT2D eigenvalue weighted by molar-refractivity contribution is 5.67. The van der Waals surface area contributed by atoms with Gasteiger partial charge in [-0.2, -0.15) is 0 Å². The number of carbonyl (C=O) groups is 1. The molecule has 0 unspecified atom stereocenters. The van der Waals surface area contributed by atoms with Crippen molar-refractivity contribution in [2.24, 2.45) is 0 Å². The largest absolute Gasteiger partial charge is 0.481 e. The second-order valence-electron chi connectivity index (χ2n) is 2.44. The lowest BCUT2D eigenvalue weighted by atomic mass is 10.1. The standard InChI is InChI=1S/C10H14O2/c1-3-4-5-6-9(2)7-8-10(11)12/h3-6H,2,7-8H2,1H3,(H,11,12)/b4-3-,6-5-. The Morgan fingerprint density at radius 1 is 1.42 bits per heavy atom. The summed E-state index contributed by atoms with van der Waals surface area (Å²) in [4.78, 5) is 10.2. The first-order valence-corrected chi connectivity index (χ1v) is 3.85. The SMILES string of the molecule is C=C(/C=C\C=C/C)CCC(=O)O. The lowest BCUT2D eigenvalue weighted by molar-refractivity contribution is -0.136. The second-order valence-corrected chi connectivity index (χ2v) is 2.44. The molecular formula is C10H14O2. The Bertz CT molecular complexity index is 212. The minimum atomic E-state index is -0.782. The summed E-state index contributed by atoms with van der Waals surface area (Å²) < 4.78 is 0. The topological polar surface area (TPSA) is 37.3 Å². The maximum Gasteiger partial charge on any atom is 0.303 e. The highest BCUT2D eigenvalue weighted by Crippen LogP contribution is 2.03. The molecule has 0 aliphatic carbocycles. The number of aliphatic carboxylic acids is 1. The van der Waals surface area contributed by atoms with E-state index >= 15 is 0 Å². The van der Waals surface area contributed by atoms with Crippen molar-refractivity contribution in [3.63, 3.8) is 0 Å². The lowest BCUT2D eigenvalue weighted by Gasteiger charge is -1.94. The number of rotatable bonds is 5. The van der Waals surface area contributed by atoms with Crippen LogP contribution in [0.3, 0.4) is 0 Å². The van der Waals surface area contributed by atoms with Crippen molar-refractivity contribution in [1.29, 1.82) is 0 Å². The van der Waals surface area contributed by atoms with Crippen molar-refractivity contribution in [1.82, 2.24) is 0 Å². The third-order valence-electron chi connectivity index (χ3n) is 1.30. The van der Waals surface area contributed by atoms with Gasteiger partial charge in [-0.1, -0.05) is 36.5 Å². The fourth-order valence-electron chi connectivity index (χ4n) is 0.654. The van der Waals surface area contributed by atoms with Gasteiger partial charge in [-0.15, -0.1) is 0 Å². The Labute approximate surface area is 72.9 Å². The van der Waals surface area contributed by atoms with E-state index in [-0.39, 0.29) is 6.42 Å². The molecule has 0 aromatic rings. The van der Waals surface area contributed by atoms with Gasteiger partial charge in [0.15, 0.2) is 0 Å². The molecule has 0 heterocycles. The van der Waals surface area contributed by atoms with E-state index < -0.39 is 5.97 Å². The molecule has 0 fully saturated rings. The van der Waals surface area contributed by atoms with Crippen molar-refractivity contribution < 1.29 is 9.90 Å². The van der Waals surface area contributed by atoms with Crippen LogP contribution in [0.15, 0.2) is 36.5 Å². The molecule has 0 rings (SSSR count). The Balaban J connectivity index is 3.67. The summed E-state index contributed by atoms with van der Waals surface area (Å²) in [6.45, 7) is 5.64. The maximum absolute atomic E-state index is 10.2. The van der Waals surface area contributed by atoms with Gasteiger partial charge in [0, 0.05) is 6.42 Å². The molecule has 0 saturated heterocycles. The molecule has 0 aromatic heterocycles. The van der Waals surface area contributed by atoms with Crippen LogP contribution in [0.25, 0.3) is 0 Å². The van der Waals surface area contributed by atoms with E-state index in [1.807, 2.05) is 31.2 Å². The number of carboxylic acid groups (broad SMARTS) is 1. The molecule has 0 spiro atoms. The third kappa shape index (κ3) is 6.81. The lowest BCUT2D eigenvalue weighted by Crippen LogP contribution is -1.93. The van der Waals surface area contributed by atoms with Gasteiger partial charge < -0.3 is 5.11 Å². The number of hydrogen-bond acceptors (Lipinski definition) is 1. The van der Waals surface area contributed by atoms with Gasteiger partial charge in [0.25, 0.3) is 0 Å². The molecule has 2 nitrogen and oxygen atoms in total. The molecule has 0 aromatic carbocycles. The quantitative estimate of drug-likeness (QED) is 0.637. The van der Waals surface area contributed by atoms with Crippen molar-refractivity contribution in [3.05, 3.63) is 36.5 Å². The average Bonchev–Trinajstić information content (AvgIpc) is 2.01. The molecule has 0 bridgehead atoms. The van der Waals surface area contributed by atoms with Gasteiger partial charge in [-0.05, 0) is 13.3 Å². The Hall–Kier alpha value is -1.31. The molecule has 0 amide bonds. The molecular weight excluding hydrogens is 152 g/mol. The van der Waals surface area contributed by atoms with Gasteiger partial charge in [0.1, 0.15) is 0 Å². The fraction of sp³-hybridized carbons (Fsp3) is 0.300. The first-order chi connectivity index (χ1) is 5.66. The molecule has 0 aliphatic heterocycles. The normalized spacial score (nSPS) is 11.1. The molecule has 0 saturated carbocycles. The van der Waals surface area contributed by atoms with Gasteiger partial charge in [0.2, 0.25) is 0 Å². The summed E-state index contributed by atoms with van der Waals surface area (Å²) in [7, 11) is 0. The molecule has 12 heavy (non-hydrogen) atoms. The highest BCUT2D eigenvalue weighted by atomic mass is 16.4. The summed E-state index contributed by atoms with van der Waals surface area (Å²) in [5.74, 6) is -0.782. The summed E-state index contributed by atoms with van der Waals surface area (Å²) in [6.07, 6.45) is 8.13. The zero-order valence-corrected chi connectivity index (χ0v) is 7.29. The Morgan fingerprint density at radius 3 is 2.58 bits per heavy atom. The summed E-state index contributed by atoms with van der Waals surface area (Å²) in [5.41, 5.74) is 0.843. The minimum Gasteiger partial charge on any atom is -0.481 e. The molecule has 1 N–H and O–H groups in total. The average molecular weight is 166 g/mol. The van der Waals surface area contributed by atoms with E-state index in [2.05, 4.69) is 6.58 Å². The van der Waals surface area contributed by atoms with Crippen LogP contribution in [0.5, 0.6) is 0 Å². The molecule has 0 atom stereocenters. The van der Waals surface area contributed by atoms with Crippen LogP contribution in [-0.2, 0) is 4.79 Å². The monoisotopic (exact) mass is 166 g/mol. The number of allylic oxidation sites excluding steroid dienone is 5. The van der Waals surface area contributed by atoms with Crippen molar-refractivity contribution in [2.45, 2.75) is 19.8 Å². The summed E-state index contributed by atoms with van der Waals surface area (Å²) in [5, 5.41) is 8.35. The molecule has 2 heteroatoms. The Morgan fingerprint density at radius 2 is 2.08 bits per heavy atom. The minimum absolute atomic E-state index is 0.152. The molecule has 0 radical (unpaired) electrons. The fourth-order valence-corrected chi connectivity index (χ4v) is 0.654. The molecule has 0 aliphatic rings. The van der Waals surface area contributed by atoms with Crippen molar-refractivity contribution in [3.8, 4) is 0 Å². The first kappa shape index (κ1) is 10.7. The zero-order valence-electron chi connectivity index (χ0n) is 7.29. The van der Waals surface area contributed by atoms with Crippen molar-refractivity contribution in [2.75, 3.05) is 0 Å². The van der Waals surface area contributed by atoms with Crippen molar-refractivity contribution >= 4 is 5.97 Å². The zero-order chi connectivity index (χ0) is 9.40. The summed E-state index contributed by atoms with van der Waals surface area (Å²) >= 11 is 0. The van der Waals surface area contributed by atoms with E-state index in [0.717, 1.165) is 5.57 Å². The Kier molecular flexibility index (Phi) is 5.70. The summed E-state index contributed by atoms with van der Waals surface area (Å²) in [6, 6.07) is 0.